The van der Waals surface area contributed by atoms with Gasteiger partial charge in [-0.25, -0.2) is 0 Å². The second-order valence-corrected chi connectivity index (χ2v) is 5.20. The van der Waals surface area contributed by atoms with E-state index in [4.69, 9.17) is 4.74 Å². The zero-order chi connectivity index (χ0) is 13.0. The van der Waals surface area contributed by atoms with E-state index in [1.807, 2.05) is 38.1 Å². The van der Waals surface area contributed by atoms with Crippen molar-refractivity contribution in [2.24, 2.45) is 5.92 Å². The molecule has 18 heavy (non-hydrogen) atoms. The minimum absolute atomic E-state index is 0.0120. The lowest BCUT2D eigenvalue weighted by Crippen LogP contribution is -2.32. The highest BCUT2D eigenvalue weighted by Crippen LogP contribution is 2.25. The number of carbonyl (C=O) groups is 1. The summed E-state index contributed by atoms with van der Waals surface area (Å²) in [5, 5.41) is 2.98. The highest BCUT2D eigenvalue weighted by atomic mass is 16.5. The van der Waals surface area contributed by atoms with Crippen LogP contribution in [-0.2, 0) is 0 Å². The number of hydrogen-bond donors (Lipinski definition) is 1. The summed E-state index contributed by atoms with van der Waals surface area (Å²) in [5.74, 6) is 1.51. The molecule has 1 aromatic rings. The lowest BCUT2D eigenvalue weighted by molar-refractivity contribution is 0.0939. The van der Waals surface area contributed by atoms with Crippen molar-refractivity contribution < 1.29 is 9.53 Å². The molecule has 0 saturated heterocycles. The van der Waals surface area contributed by atoms with Gasteiger partial charge in [-0.3, -0.25) is 4.79 Å². The summed E-state index contributed by atoms with van der Waals surface area (Å²) in [5.41, 5.74) is 0.699. The molecule has 0 bridgehead atoms. The molecule has 98 valence electrons. The molecule has 0 atom stereocenters. The molecule has 2 rings (SSSR count). The largest absolute Gasteiger partial charge is 0.491 e. The smallest absolute Gasteiger partial charge is 0.251 e. The monoisotopic (exact) mass is 247 g/mol. The Bertz CT molecular complexity index is 393. The molecule has 0 unspecified atom stereocenters. The minimum atomic E-state index is 0.0120. The van der Waals surface area contributed by atoms with Crippen LogP contribution in [0.4, 0.5) is 0 Å². The van der Waals surface area contributed by atoms with Crippen LogP contribution in [0.5, 0.6) is 5.75 Å². The van der Waals surface area contributed by atoms with Crippen LogP contribution in [0.15, 0.2) is 24.3 Å². The van der Waals surface area contributed by atoms with Gasteiger partial charge in [-0.1, -0.05) is 6.42 Å². The van der Waals surface area contributed by atoms with Gasteiger partial charge in [0.1, 0.15) is 5.75 Å². The summed E-state index contributed by atoms with van der Waals surface area (Å²) in [6.07, 6.45) is 3.97. The highest BCUT2D eigenvalue weighted by Gasteiger charge is 2.18. The topological polar surface area (TPSA) is 38.3 Å². The molecule has 1 fully saturated rings. The second kappa shape index (κ2) is 5.89. The molecule has 1 aliphatic rings. The third kappa shape index (κ3) is 3.49. The van der Waals surface area contributed by atoms with Crippen molar-refractivity contribution in [3.05, 3.63) is 29.8 Å². The zero-order valence-electron chi connectivity index (χ0n) is 11.1. The van der Waals surface area contributed by atoms with E-state index in [1.54, 1.807) is 0 Å². The molecule has 0 heterocycles. The van der Waals surface area contributed by atoms with Gasteiger partial charge in [0.15, 0.2) is 0 Å². The Kier molecular flexibility index (Phi) is 4.24. The van der Waals surface area contributed by atoms with Crippen molar-refractivity contribution in [2.75, 3.05) is 6.54 Å². The molecule has 1 N–H and O–H groups in total. The van der Waals surface area contributed by atoms with Crippen molar-refractivity contribution in [3.63, 3.8) is 0 Å². The van der Waals surface area contributed by atoms with Crippen molar-refractivity contribution in [1.82, 2.24) is 5.32 Å². The van der Waals surface area contributed by atoms with Crippen LogP contribution in [-0.4, -0.2) is 18.6 Å². The first-order valence-electron chi connectivity index (χ1n) is 6.70. The van der Waals surface area contributed by atoms with Gasteiger partial charge in [-0.05, 0) is 56.9 Å². The molecular formula is C15H21NO2. The fourth-order valence-corrected chi connectivity index (χ4v) is 1.99. The number of ether oxygens (including phenoxy) is 1. The minimum Gasteiger partial charge on any atom is -0.491 e. The lowest BCUT2D eigenvalue weighted by Gasteiger charge is -2.25. The van der Waals surface area contributed by atoms with Gasteiger partial charge in [0, 0.05) is 12.1 Å². The van der Waals surface area contributed by atoms with E-state index in [-0.39, 0.29) is 12.0 Å². The van der Waals surface area contributed by atoms with Gasteiger partial charge in [0.2, 0.25) is 0 Å². The molecule has 0 aliphatic heterocycles. The molecule has 1 aliphatic carbocycles. The summed E-state index contributed by atoms with van der Waals surface area (Å²) in [6.45, 7) is 4.78. The Morgan fingerprint density at radius 1 is 1.33 bits per heavy atom. The first-order valence-corrected chi connectivity index (χ1v) is 6.70. The Morgan fingerprint density at radius 3 is 2.50 bits per heavy atom. The van der Waals surface area contributed by atoms with Crippen LogP contribution in [0.25, 0.3) is 0 Å². The van der Waals surface area contributed by atoms with Crippen molar-refractivity contribution in [2.45, 2.75) is 39.2 Å². The zero-order valence-corrected chi connectivity index (χ0v) is 11.1. The summed E-state index contributed by atoms with van der Waals surface area (Å²) in [7, 11) is 0. The van der Waals surface area contributed by atoms with Crippen LogP contribution in [0.1, 0.15) is 43.5 Å². The van der Waals surface area contributed by atoms with E-state index in [1.165, 1.54) is 19.3 Å². The van der Waals surface area contributed by atoms with Gasteiger partial charge in [0.25, 0.3) is 5.91 Å². The number of benzene rings is 1. The predicted molar refractivity (Wildman–Crippen MR) is 71.9 cm³/mol. The third-order valence-corrected chi connectivity index (χ3v) is 3.26. The van der Waals surface area contributed by atoms with E-state index in [0.717, 1.165) is 12.3 Å². The first kappa shape index (κ1) is 12.9. The quantitative estimate of drug-likeness (QED) is 0.868. The number of hydrogen-bond acceptors (Lipinski definition) is 2. The van der Waals surface area contributed by atoms with Crippen LogP contribution < -0.4 is 10.1 Å². The highest BCUT2D eigenvalue weighted by molar-refractivity contribution is 5.94. The van der Waals surface area contributed by atoms with E-state index < -0.39 is 0 Å². The van der Waals surface area contributed by atoms with Crippen molar-refractivity contribution in [1.29, 1.82) is 0 Å². The standard InChI is InChI=1S/C15H21NO2/c1-11(2)18-14-8-6-13(7-9-14)15(17)16-10-12-4-3-5-12/h6-9,11-12H,3-5,10H2,1-2H3,(H,16,17). The maximum atomic E-state index is 11.9. The van der Waals surface area contributed by atoms with E-state index in [9.17, 15) is 4.79 Å². The van der Waals surface area contributed by atoms with Crippen LogP contribution >= 0.6 is 0 Å². The molecule has 3 nitrogen and oxygen atoms in total. The van der Waals surface area contributed by atoms with Crippen LogP contribution in [0.2, 0.25) is 0 Å². The molecule has 1 aromatic carbocycles. The molecule has 0 spiro atoms. The average molecular weight is 247 g/mol. The van der Waals surface area contributed by atoms with Gasteiger partial charge in [-0.15, -0.1) is 0 Å². The maximum absolute atomic E-state index is 11.9. The average Bonchev–Trinajstić information content (AvgIpc) is 2.27. The number of rotatable bonds is 5. The molecule has 0 radical (unpaired) electrons. The fraction of sp³-hybridized carbons (Fsp3) is 0.533. The number of amides is 1. The molecule has 0 aromatic heterocycles. The summed E-state index contributed by atoms with van der Waals surface area (Å²) in [6, 6.07) is 7.32. The normalized spacial score (nSPS) is 15.3. The SMILES string of the molecule is CC(C)Oc1ccc(C(=O)NCC2CCC2)cc1. The summed E-state index contributed by atoms with van der Waals surface area (Å²) in [4.78, 5) is 11.9. The summed E-state index contributed by atoms with van der Waals surface area (Å²) < 4.78 is 5.54. The molecule has 1 saturated carbocycles. The van der Waals surface area contributed by atoms with Gasteiger partial charge in [-0.2, -0.15) is 0 Å². The van der Waals surface area contributed by atoms with E-state index in [0.29, 0.717) is 11.5 Å². The molecule has 3 heteroatoms. The van der Waals surface area contributed by atoms with Crippen LogP contribution in [0.3, 0.4) is 0 Å². The Labute approximate surface area is 109 Å². The van der Waals surface area contributed by atoms with Gasteiger partial charge >= 0.3 is 0 Å². The summed E-state index contributed by atoms with van der Waals surface area (Å²) >= 11 is 0. The fourth-order valence-electron chi connectivity index (χ4n) is 1.99. The van der Waals surface area contributed by atoms with E-state index >= 15 is 0 Å². The van der Waals surface area contributed by atoms with Crippen molar-refractivity contribution >= 4 is 5.91 Å². The van der Waals surface area contributed by atoms with E-state index in [2.05, 4.69) is 5.32 Å². The van der Waals surface area contributed by atoms with Crippen LogP contribution in [0, 0.1) is 5.92 Å². The maximum Gasteiger partial charge on any atom is 0.251 e. The number of carbonyl (C=O) groups excluding carboxylic acids is 1. The Hall–Kier alpha value is -1.51. The third-order valence-electron chi connectivity index (χ3n) is 3.26. The lowest BCUT2D eigenvalue weighted by atomic mass is 9.85. The first-order chi connectivity index (χ1) is 8.65. The predicted octanol–water partition coefficient (Wildman–Crippen LogP) is 3.00. The van der Waals surface area contributed by atoms with Gasteiger partial charge < -0.3 is 10.1 Å². The second-order valence-electron chi connectivity index (χ2n) is 5.20. The Balaban J connectivity index is 1.85. The van der Waals surface area contributed by atoms with Gasteiger partial charge in [0.05, 0.1) is 6.10 Å². The molecule has 1 amide bonds. The number of nitrogens with one attached hydrogen (secondary N) is 1. The Morgan fingerprint density at radius 2 is 2.00 bits per heavy atom. The molecular weight excluding hydrogens is 226 g/mol. The van der Waals surface area contributed by atoms with Crippen molar-refractivity contribution in [3.8, 4) is 5.75 Å².